The lowest BCUT2D eigenvalue weighted by Gasteiger charge is -2.26. The highest BCUT2D eigenvalue weighted by atomic mass is 16.7. The molecule has 0 saturated heterocycles. The summed E-state index contributed by atoms with van der Waals surface area (Å²) in [5.74, 6) is 1.74. The van der Waals surface area contributed by atoms with E-state index in [2.05, 4.69) is 43.4 Å². The molecule has 0 aliphatic carbocycles. The third-order valence-electron chi connectivity index (χ3n) is 3.94. The first-order valence-corrected chi connectivity index (χ1v) is 6.41. The van der Waals surface area contributed by atoms with Crippen LogP contribution in [0.5, 0.6) is 11.5 Å². The van der Waals surface area contributed by atoms with E-state index in [9.17, 15) is 0 Å². The van der Waals surface area contributed by atoms with Gasteiger partial charge in [-0.2, -0.15) is 0 Å². The minimum atomic E-state index is 0. The lowest BCUT2D eigenvalue weighted by molar-refractivity contribution is 0.174. The topological polar surface area (TPSA) is 33.7 Å². The Morgan fingerprint density at radius 1 is 1.33 bits per heavy atom. The standard InChI is InChI=1S/C14H20N2O2.2H2/c1-14(4-5-16(2)3)8-15-11-7-13-12(6-10(11)14)17-9-18-13;;/h6-7,15H,4-5,8-9H2,1-3H3;2*1H. The summed E-state index contributed by atoms with van der Waals surface area (Å²) in [6.07, 6.45) is 1.14. The molecule has 4 nitrogen and oxygen atoms in total. The maximum atomic E-state index is 5.48. The Morgan fingerprint density at radius 2 is 2.06 bits per heavy atom. The fraction of sp³-hybridized carbons (Fsp3) is 0.571. The average molecular weight is 252 g/mol. The molecule has 2 aliphatic heterocycles. The summed E-state index contributed by atoms with van der Waals surface area (Å²) in [6, 6.07) is 4.21. The van der Waals surface area contributed by atoms with Gasteiger partial charge >= 0.3 is 0 Å². The van der Waals surface area contributed by atoms with Gasteiger partial charge in [0, 0.05) is 26.6 Å². The summed E-state index contributed by atoms with van der Waals surface area (Å²) >= 11 is 0. The smallest absolute Gasteiger partial charge is 0.231 e. The van der Waals surface area contributed by atoms with Crippen LogP contribution in [0.15, 0.2) is 12.1 Å². The van der Waals surface area contributed by atoms with Crippen molar-refractivity contribution in [3.8, 4) is 11.5 Å². The van der Waals surface area contributed by atoms with Crippen LogP contribution in [-0.4, -0.2) is 38.9 Å². The Morgan fingerprint density at radius 3 is 2.78 bits per heavy atom. The van der Waals surface area contributed by atoms with Crippen LogP contribution in [0, 0.1) is 0 Å². The number of hydrogen-bond donors (Lipinski definition) is 1. The Bertz CT molecular complexity index is 482. The van der Waals surface area contributed by atoms with Crippen molar-refractivity contribution in [2.24, 2.45) is 0 Å². The summed E-state index contributed by atoms with van der Waals surface area (Å²) in [6.45, 7) is 4.73. The van der Waals surface area contributed by atoms with Gasteiger partial charge in [0.1, 0.15) is 0 Å². The number of nitrogens with one attached hydrogen (secondary N) is 1. The zero-order valence-electron chi connectivity index (χ0n) is 11.2. The predicted molar refractivity (Wildman–Crippen MR) is 75.8 cm³/mol. The van der Waals surface area contributed by atoms with Gasteiger partial charge in [-0.1, -0.05) is 6.92 Å². The molecule has 1 N–H and O–H groups in total. The average Bonchev–Trinajstić information content (AvgIpc) is 2.90. The maximum absolute atomic E-state index is 5.48. The third kappa shape index (κ3) is 1.81. The number of anilines is 1. The molecular formula is C14H24N2O2. The van der Waals surface area contributed by atoms with Crippen LogP contribution < -0.4 is 14.8 Å². The number of fused-ring (bicyclic) bond motifs is 2. The zero-order valence-corrected chi connectivity index (χ0v) is 11.2. The maximum Gasteiger partial charge on any atom is 0.231 e. The Hall–Kier alpha value is -1.42. The van der Waals surface area contributed by atoms with Gasteiger partial charge < -0.3 is 19.7 Å². The summed E-state index contributed by atoms with van der Waals surface area (Å²) in [4.78, 5) is 2.23. The molecule has 0 amide bonds. The number of nitrogens with zero attached hydrogens (tertiary/aromatic N) is 1. The van der Waals surface area contributed by atoms with Crippen molar-refractivity contribution in [3.05, 3.63) is 17.7 Å². The fourth-order valence-corrected chi connectivity index (χ4v) is 2.67. The van der Waals surface area contributed by atoms with Crippen molar-refractivity contribution in [2.75, 3.05) is 39.3 Å². The molecule has 0 bridgehead atoms. The first-order valence-electron chi connectivity index (χ1n) is 6.41. The van der Waals surface area contributed by atoms with E-state index in [4.69, 9.17) is 9.47 Å². The third-order valence-corrected chi connectivity index (χ3v) is 3.94. The highest BCUT2D eigenvalue weighted by Crippen LogP contribution is 2.46. The number of rotatable bonds is 3. The van der Waals surface area contributed by atoms with Gasteiger partial charge in [-0.05, 0) is 38.7 Å². The van der Waals surface area contributed by atoms with Crippen LogP contribution in [0.3, 0.4) is 0 Å². The van der Waals surface area contributed by atoms with E-state index in [0.29, 0.717) is 6.79 Å². The lowest BCUT2D eigenvalue weighted by Crippen LogP contribution is -2.29. The molecule has 0 fully saturated rings. The SMILES string of the molecule is CN(C)CCC1(C)CNc2cc3c(cc21)OCO3.[HH].[HH]. The van der Waals surface area contributed by atoms with Gasteiger partial charge in [0.2, 0.25) is 6.79 Å². The van der Waals surface area contributed by atoms with Crippen LogP contribution in [0.25, 0.3) is 0 Å². The minimum absolute atomic E-state index is 0. The monoisotopic (exact) mass is 252 g/mol. The van der Waals surface area contributed by atoms with E-state index in [0.717, 1.165) is 31.0 Å². The summed E-state index contributed by atoms with van der Waals surface area (Å²) in [7, 11) is 4.23. The molecule has 102 valence electrons. The van der Waals surface area contributed by atoms with Gasteiger partial charge in [-0.3, -0.25) is 0 Å². The highest BCUT2D eigenvalue weighted by molar-refractivity contribution is 5.67. The fourth-order valence-electron chi connectivity index (χ4n) is 2.67. The summed E-state index contributed by atoms with van der Waals surface area (Å²) < 4.78 is 10.9. The molecule has 1 aromatic carbocycles. The molecule has 3 rings (SSSR count). The van der Waals surface area contributed by atoms with Crippen molar-refractivity contribution in [2.45, 2.75) is 18.8 Å². The quantitative estimate of drug-likeness (QED) is 0.896. The normalized spacial score (nSPS) is 24.2. The molecule has 1 unspecified atom stereocenters. The number of ether oxygens (including phenoxy) is 2. The van der Waals surface area contributed by atoms with Crippen LogP contribution in [0.1, 0.15) is 21.8 Å². The molecular weight excluding hydrogens is 228 g/mol. The lowest BCUT2D eigenvalue weighted by atomic mass is 9.81. The molecule has 1 aromatic rings. The predicted octanol–water partition coefficient (Wildman–Crippen LogP) is 2.54. The molecule has 4 heteroatoms. The first-order chi connectivity index (χ1) is 8.58. The van der Waals surface area contributed by atoms with Crippen molar-refractivity contribution in [1.29, 1.82) is 0 Å². The van der Waals surface area contributed by atoms with Crippen LogP contribution in [-0.2, 0) is 5.41 Å². The highest BCUT2D eigenvalue weighted by Gasteiger charge is 2.36. The van der Waals surface area contributed by atoms with Gasteiger partial charge in [0.05, 0.1) is 0 Å². The number of hydrogen-bond acceptors (Lipinski definition) is 4. The van der Waals surface area contributed by atoms with Crippen LogP contribution >= 0.6 is 0 Å². The van der Waals surface area contributed by atoms with Crippen LogP contribution in [0.2, 0.25) is 0 Å². The largest absolute Gasteiger partial charge is 0.454 e. The van der Waals surface area contributed by atoms with E-state index in [1.54, 1.807) is 0 Å². The summed E-state index contributed by atoms with van der Waals surface area (Å²) in [5.41, 5.74) is 2.73. The molecule has 0 spiro atoms. The second kappa shape index (κ2) is 4.05. The Labute approximate surface area is 111 Å². The Balaban J connectivity index is 0.000001000. The van der Waals surface area contributed by atoms with E-state index < -0.39 is 0 Å². The van der Waals surface area contributed by atoms with E-state index in [1.165, 1.54) is 11.3 Å². The minimum Gasteiger partial charge on any atom is -0.454 e. The number of benzene rings is 1. The van der Waals surface area contributed by atoms with E-state index in [-0.39, 0.29) is 8.27 Å². The molecule has 0 aromatic heterocycles. The van der Waals surface area contributed by atoms with Crippen molar-refractivity contribution >= 4 is 5.69 Å². The second-order valence-corrected chi connectivity index (χ2v) is 5.72. The molecule has 0 saturated carbocycles. The van der Waals surface area contributed by atoms with Gasteiger partial charge in [-0.15, -0.1) is 0 Å². The molecule has 18 heavy (non-hydrogen) atoms. The van der Waals surface area contributed by atoms with Crippen molar-refractivity contribution in [3.63, 3.8) is 0 Å². The molecule has 2 aliphatic rings. The van der Waals surface area contributed by atoms with E-state index >= 15 is 0 Å². The van der Waals surface area contributed by atoms with Gasteiger partial charge in [0.25, 0.3) is 0 Å². The first kappa shape index (κ1) is 11.7. The molecule has 0 radical (unpaired) electrons. The molecule has 2 heterocycles. The van der Waals surface area contributed by atoms with Gasteiger partial charge in [0.15, 0.2) is 11.5 Å². The van der Waals surface area contributed by atoms with E-state index in [1.807, 2.05) is 0 Å². The Kier molecular flexibility index (Phi) is 2.63. The molecule has 1 atom stereocenters. The van der Waals surface area contributed by atoms with Crippen molar-refractivity contribution in [1.82, 2.24) is 4.90 Å². The second-order valence-electron chi connectivity index (χ2n) is 5.72. The van der Waals surface area contributed by atoms with Crippen molar-refractivity contribution < 1.29 is 12.3 Å². The zero-order chi connectivity index (χ0) is 12.8. The van der Waals surface area contributed by atoms with Crippen LogP contribution in [0.4, 0.5) is 5.69 Å². The van der Waals surface area contributed by atoms with Gasteiger partial charge in [-0.25, -0.2) is 0 Å². The summed E-state index contributed by atoms with van der Waals surface area (Å²) in [5, 5.41) is 3.49.